The van der Waals surface area contributed by atoms with Gasteiger partial charge in [0.1, 0.15) is 5.75 Å². The van der Waals surface area contributed by atoms with Gasteiger partial charge in [0.2, 0.25) is 0 Å². The van der Waals surface area contributed by atoms with Crippen molar-refractivity contribution in [1.82, 2.24) is 15.3 Å². The van der Waals surface area contributed by atoms with Crippen LogP contribution in [0.15, 0.2) is 30.6 Å². The maximum Gasteiger partial charge on any atom is 0.319 e. The van der Waals surface area contributed by atoms with E-state index in [9.17, 15) is 4.79 Å². The first-order valence-electron chi connectivity index (χ1n) is 7.22. The first-order chi connectivity index (χ1) is 10.9. The molecule has 6 nitrogen and oxygen atoms in total. The van der Waals surface area contributed by atoms with Gasteiger partial charge in [-0.2, -0.15) is 0 Å². The van der Waals surface area contributed by atoms with Crippen LogP contribution >= 0.6 is 11.6 Å². The molecule has 0 saturated heterocycles. The van der Waals surface area contributed by atoms with Crippen molar-refractivity contribution in [2.45, 2.75) is 33.4 Å². The van der Waals surface area contributed by atoms with E-state index in [-0.39, 0.29) is 12.1 Å². The van der Waals surface area contributed by atoms with Crippen LogP contribution in [0.2, 0.25) is 5.02 Å². The zero-order chi connectivity index (χ0) is 16.8. The van der Waals surface area contributed by atoms with Gasteiger partial charge in [0.05, 0.1) is 35.3 Å². The first-order valence-corrected chi connectivity index (χ1v) is 7.60. The van der Waals surface area contributed by atoms with Crippen LogP contribution in [0.25, 0.3) is 0 Å². The van der Waals surface area contributed by atoms with Crippen LogP contribution in [0, 0.1) is 6.92 Å². The lowest BCUT2D eigenvalue weighted by Gasteiger charge is -2.13. The number of ether oxygens (including phenoxy) is 1. The maximum atomic E-state index is 11.9. The number of hydrogen-bond acceptors (Lipinski definition) is 4. The Balaban J connectivity index is 1.89. The second kappa shape index (κ2) is 7.78. The van der Waals surface area contributed by atoms with Gasteiger partial charge >= 0.3 is 6.03 Å². The molecule has 0 bridgehead atoms. The van der Waals surface area contributed by atoms with Gasteiger partial charge in [-0.1, -0.05) is 11.6 Å². The number of nitrogens with one attached hydrogen (secondary N) is 2. The molecule has 2 amide bonds. The molecular weight excluding hydrogens is 316 g/mol. The Kier molecular flexibility index (Phi) is 5.76. The molecule has 7 heteroatoms. The molecule has 1 heterocycles. The van der Waals surface area contributed by atoms with Crippen molar-refractivity contribution in [3.8, 4) is 5.75 Å². The molecule has 0 aliphatic carbocycles. The summed E-state index contributed by atoms with van der Waals surface area (Å²) in [6, 6.07) is 4.75. The molecule has 2 aromatic rings. The van der Waals surface area contributed by atoms with Gasteiger partial charge in [-0.25, -0.2) is 4.79 Å². The highest BCUT2D eigenvalue weighted by molar-refractivity contribution is 6.32. The van der Waals surface area contributed by atoms with Crippen molar-refractivity contribution in [3.05, 3.63) is 47.0 Å². The Morgan fingerprint density at radius 2 is 2.09 bits per heavy atom. The van der Waals surface area contributed by atoms with Crippen LogP contribution < -0.4 is 15.4 Å². The number of urea groups is 1. The minimum atomic E-state index is -0.346. The molecule has 1 aromatic carbocycles. The summed E-state index contributed by atoms with van der Waals surface area (Å²) in [5.41, 5.74) is 2.10. The van der Waals surface area contributed by atoms with Crippen LogP contribution in [-0.2, 0) is 6.54 Å². The smallest absolute Gasteiger partial charge is 0.319 e. The van der Waals surface area contributed by atoms with E-state index in [2.05, 4.69) is 20.6 Å². The van der Waals surface area contributed by atoms with Gasteiger partial charge in [-0.05, 0) is 39.0 Å². The molecule has 0 spiro atoms. The number of halogens is 1. The van der Waals surface area contributed by atoms with Crippen molar-refractivity contribution in [2.75, 3.05) is 5.32 Å². The lowest BCUT2D eigenvalue weighted by atomic mass is 10.3. The van der Waals surface area contributed by atoms with Gasteiger partial charge in [0, 0.05) is 11.9 Å². The predicted octanol–water partition coefficient (Wildman–Crippen LogP) is 3.55. The normalized spacial score (nSPS) is 10.5. The van der Waals surface area contributed by atoms with E-state index in [1.165, 1.54) is 0 Å². The van der Waals surface area contributed by atoms with E-state index in [0.717, 1.165) is 5.69 Å². The molecule has 2 N–H and O–H groups in total. The number of carbonyl (C=O) groups excluding carboxylic acids is 1. The van der Waals surface area contributed by atoms with Gasteiger partial charge in [0.25, 0.3) is 0 Å². The number of hydrogen-bond donors (Lipinski definition) is 2. The van der Waals surface area contributed by atoms with Gasteiger partial charge in [0.15, 0.2) is 0 Å². The summed E-state index contributed by atoms with van der Waals surface area (Å²) in [4.78, 5) is 20.2. The second-order valence-electron chi connectivity index (χ2n) is 5.27. The first kappa shape index (κ1) is 17.0. The van der Waals surface area contributed by atoms with Crippen LogP contribution in [0.4, 0.5) is 10.5 Å². The summed E-state index contributed by atoms with van der Waals surface area (Å²) in [7, 11) is 0. The van der Waals surface area contributed by atoms with Gasteiger partial charge < -0.3 is 15.4 Å². The quantitative estimate of drug-likeness (QED) is 0.876. The fraction of sp³-hybridized carbons (Fsp3) is 0.312. The van der Waals surface area contributed by atoms with Crippen molar-refractivity contribution in [1.29, 1.82) is 0 Å². The average Bonchev–Trinajstić information content (AvgIpc) is 2.49. The monoisotopic (exact) mass is 334 g/mol. The third kappa shape index (κ3) is 5.41. The van der Waals surface area contributed by atoms with E-state index in [1.807, 2.05) is 20.8 Å². The number of nitrogens with zero attached hydrogens (tertiary/aromatic N) is 2. The summed E-state index contributed by atoms with van der Waals surface area (Å²) in [6.07, 6.45) is 3.32. The Morgan fingerprint density at radius 1 is 1.30 bits per heavy atom. The number of rotatable bonds is 5. The molecule has 0 fully saturated rings. The summed E-state index contributed by atoms with van der Waals surface area (Å²) >= 11 is 6.13. The summed E-state index contributed by atoms with van der Waals surface area (Å²) in [6.45, 7) is 5.99. The molecule has 23 heavy (non-hydrogen) atoms. The largest absolute Gasteiger partial charge is 0.489 e. The zero-order valence-electron chi connectivity index (χ0n) is 13.3. The highest BCUT2D eigenvalue weighted by atomic mass is 35.5. The van der Waals surface area contributed by atoms with E-state index in [0.29, 0.717) is 28.7 Å². The Bertz CT molecular complexity index is 674. The SMILES string of the molecule is Cc1cnc(CNC(=O)Nc2ccc(OC(C)C)c(Cl)c2)cn1. The van der Waals surface area contributed by atoms with Crippen molar-refractivity contribution < 1.29 is 9.53 Å². The molecule has 0 aliphatic heterocycles. The highest BCUT2D eigenvalue weighted by Gasteiger charge is 2.07. The van der Waals surface area contributed by atoms with Crippen molar-refractivity contribution >= 4 is 23.3 Å². The third-order valence-electron chi connectivity index (χ3n) is 2.82. The minimum Gasteiger partial charge on any atom is -0.489 e. The number of benzene rings is 1. The molecule has 0 atom stereocenters. The number of aromatic nitrogens is 2. The third-order valence-corrected chi connectivity index (χ3v) is 3.11. The number of amides is 2. The maximum absolute atomic E-state index is 11.9. The minimum absolute atomic E-state index is 0.0326. The van der Waals surface area contributed by atoms with E-state index in [4.69, 9.17) is 16.3 Å². The highest BCUT2D eigenvalue weighted by Crippen LogP contribution is 2.28. The molecule has 2 rings (SSSR count). The average molecular weight is 335 g/mol. The van der Waals surface area contributed by atoms with Crippen molar-refractivity contribution in [3.63, 3.8) is 0 Å². The number of anilines is 1. The van der Waals surface area contributed by atoms with Crippen LogP contribution in [0.5, 0.6) is 5.75 Å². The van der Waals surface area contributed by atoms with Crippen molar-refractivity contribution in [2.24, 2.45) is 0 Å². The summed E-state index contributed by atoms with van der Waals surface area (Å²) in [5.74, 6) is 0.586. The summed E-state index contributed by atoms with van der Waals surface area (Å²) < 4.78 is 5.54. The number of aryl methyl sites for hydroxylation is 1. The Hall–Kier alpha value is -2.34. The molecule has 0 unspecified atom stereocenters. The van der Waals surface area contributed by atoms with Crippen LogP contribution in [0.3, 0.4) is 0 Å². The van der Waals surface area contributed by atoms with E-state index in [1.54, 1.807) is 30.6 Å². The number of carbonyl (C=O) groups is 1. The molecule has 0 aliphatic rings. The fourth-order valence-electron chi connectivity index (χ4n) is 1.78. The van der Waals surface area contributed by atoms with E-state index >= 15 is 0 Å². The lowest BCUT2D eigenvalue weighted by Crippen LogP contribution is -2.28. The Morgan fingerprint density at radius 3 is 2.70 bits per heavy atom. The topological polar surface area (TPSA) is 76.1 Å². The molecule has 1 aromatic heterocycles. The second-order valence-corrected chi connectivity index (χ2v) is 5.68. The van der Waals surface area contributed by atoms with Crippen LogP contribution in [-0.4, -0.2) is 22.1 Å². The van der Waals surface area contributed by atoms with Gasteiger partial charge in [-0.15, -0.1) is 0 Å². The van der Waals surface area contributed by atoms with E-state index < -0.39 is 0 Å². The zero-order valence-corrected chi connectivity index (χ0v) is 14.0. The molecule has 0 radical (unpaired) electrons. The fourth-order valence-corrected chi connectivity index (χ4v) is 2.01. The standard InChI is InChI=1S/C16H19ClN4O2/c1-10(2)23-15-5-4-12(6-14(15)17)21-16(22)20-9-13-8-18-11(3)7-19-13/h4-8,10H,9H2,1-3H3,(H2,20,21,22). The lowest BCUT2D eigenvalue weighted by molar-refractivity contribution is 0.242. The molecule has 0 saturated carbocycles. The molecule has 122 valence electrons. The Labute approximate surface area is 140 Å². The summed E-state index contributed by atoms with van der Waals surface area (Å²) in [5, 5.41) is 5.86. The molecular formula is C16H19ClN4O2. The predicted molar refractivity (Wildman–Crippen MR) is 89.8 cm³/mol. The van der Waals surface area contributed by atoms with Crippen LogP contribution in [0.1, 0.15) is 25.2 Å². The van der Waals surface area contributed by atoms with Gasteiger partial charge in [-0.3, -0.25) is 9.97 Å².